The summed E-state index contributed by atoms with van der Waals surface area (Å²) in [5.74, 6) is -0.896. The summed E-state index contributed by atoms with van der Waals surface area (Å²) >= 11 is 12.6. The number of amides is 2. The number of aryl methyl sites for hydroxylation is 2. The quantitative estimate of drug-likeness (QED) is 0.160. The molecule has 2 amide bonds. The van der Waals surface area contributed by atoms with E-state index in [4.69, 9.17) is 23.2 Å². The third-order valence-corrected chi connectivity index (χ3v) is 10.4. The van der Waals surface area contributed by atoms with E-state index >= 15 is 0 Å². The van der Waals surface area contributed by atoms with Crippen molar-refractivity contribution in [3.05, 3.63) is 129 Å². The standard InChI is InChI=1S/C36H39Cl2N3O4S/c1-5-27(4)39-36(43)34(22-28-11-7-6-8-12-28)40(23-29-13-9-10-14-33(29)38)35(42)24-41(31-18-15-25(2)26(3)21-31)46(44,45)32-19-16-30(37)17-20-32/h6-21,27,34H,5,22-24H2,1-4H3,(H,39,43)/t27-,34-/m1/s1. The molecule has 10 heteroatoms. The molecule has 0 bridgehead atoms. The summed E-state index contributed by atoms with van der Waals surface area (Å²) in [7, 11) is -4.24. The van der Waals surface area contributed by atoms with E-state index in [1.165, 1.54) is 29.2 Å². The van der Waals surface area contributed by atoms with Crippen LogP contribution in [-0.2, 0) is 32.6 Å². The van der Waals surface area contributed by atoms with Crippen LogP contribution < -0.4 is 9.62 Å². The van der Waals surface area contributed by atoms with E-state index in [-0.39, 0.29) is 29.8 Å². The van der Waals surface area contributed by atoms with Crippen LogP contribution in [0.1, 0.15) is 42.5 Å². The fourth-order valence-electron chi connectivity index (χ4n) is 4.95. The molecule has 7 nitrogen and oxygen atoms in total. The minimum atomic E-state index is -4.24. The fraction of sp³-hybridized carbons (Fsp3) is 0.278. The smallest absolute Gasteiger partial charge is 0.264 e. The van der Waals surface area contributed by atoms with Gasteiger partial charge in [0.2, 0.25) is 11.8 Å². The molecule has 0 aliphatic carbocycles. The van der Waals surface area contributed by atoms with Gasteiger partial charge in [-0.2, -0.15) is 0 Å². The van der Waals surface area contributed by atoms with Gasteiger partial charge in [-0.3, -0.25) is 13.9 Å². The second-order valence-corrected chi connectivity index (χ2v) is 14.1. The third-order valence-electron chi connectivity index (χ3n) is 8.03. The zero-order valence-electron chi connectivity index (χ0n) is 26.4. The van der Waals surface area contributed by atoms with Gasteiger partial charge in [0, 0.05) is 29.1 Å². The monoisotopic (exact) mass is 679 g/mol. The van der Waals surface area contributed by atoms with Gasteiger partial charge >= 0.3 is 0 Å². The van der Waals surface area contributed by atoms with Crippen LogP contribution in [0.4, 0.5) is 5.69 Å². The summed E-state index contributed by atoms with van der Waals surface area (Å²) < 4.78 is 29.5. The molecule has 0 aromatic heterocycles. The number of anilines is 1. The number of nitrogens with one attached hydrogen (secondary N) is 1. The molecule has 4 rings (SSSR count). The van der Waals surface area contributed by atoms with E-state index in [0.29, 0.717) is 27.7 Å². The maximum atomic E-state index is 14.6. The topological polar surface area (TPSA) is 86.8 Å². The average molecular weight is 681 g/mol. The lowest BCUT2D eigenvalue weighted by molar-refractivity contribution is -0.140. The first-order valence-electron chi connectivity index (χ1n) is 15.1. The maximum absolute atomic E-state index is 14.6. The van der Waals surface area contributed by atoms with Gasteiger partial charge in [0.15, 0.2) is 0 Å². The Balaban J connectivity index is 1.83. The molecular weight excluding hydrogens is 641 g/mol. The van der Waals surface area contributed by atoms with E-state index in [1.54, 1.807) is 30.3 Å². The Morgan fingerprint density at radius 1 is 0.848 bits per heavy atom. The SMILES string of the molecule is CC[C@@H](C)NC(=O)[C@@H](Cc1ccccc1)N(Cc1ccccc1Cl)C(=O)CN(c1ccc(C)c(C)c1)S(=O)(=O)c1ccc(Cl)cc1. The molecule has 0 aliphatic rings. The van der Waals surface area contributed by atoms with Gasteiger partial charge in [0.1, 0.15) is 12.6 Å². The highest BCUT2D eigenvalue weighted by atomic mass is 35.5. The van der Waals surface area contributed by atoms with Gasteiger partial charge < -0.3 is 10.2 Å². The van der Waals surface area contributed by atoms with Gasteiger partial charge in [-0.05, 0) is 91.9 Å². The van der Waals surface area contributed by atoms with Gasteiger partial charge in [-0.15, -0.1) is 0 Å². The average Bonchev–Trinajstić information content (AvgIpc) is 3.04. The first kappa shape index (κ1) is 35.0. The number of benzene rings is 4. The van der Waals surface area contributed by atoms with Crippen molar-refractivity contribution in [2.45, 2.75) is 64.1 Å². The molecule has 0 fully saturated rings. The molecule has 0 aliphatic heterocycles. The summed E-state index contributed by atoms with van der Waals surface area (Å²) in [6.45, 7) is 7.11. The number of halogens is 2. The Morgan fingerprint density at radius 3 is 2.13 bits per heavy atom. The number of hydrogen-bond donors (Lipinski definition) is 1. The van der Waals surface area contributed by atoms with E-state index < -0.39 is 28.5 Å². The van der Waals surface area contributed by atoms with Gasteiger partial charge in [0.05, 0.1) is 10.6 Å². The molecule has 0 radical (unpaired) electrons. The van der Waals surface area contributed by atoms with Crippen molar-refractivity contribution in [1.29, 1.82) is 0 Å². The summed E-state index contributed by atoms with van der Waals surface area (Å²) in [4.78, 5) is 30.0. The highest BCUT2D eigenvalue weighted by molar-refractivity contribution is 7.92. The van der Waals surface area contributed by atoms with E-state index in [2.05, 4.69) is 5.32 Å². The predicted octanol–water partition coefficient (Wildman–Crippen LogP) is 7.36. The Labute approximate surface area is 282 Å². The van der Waals surface area contributed by atoms with Crippen LogP contribution in [0.5, 0.6) is 0 Å². The summed E-state index contributed by atoms with van der Waals surface area (Å²) in [6, 6.07) is 26.5. The Kier molecular flexibility index (Phi) is 11.9. The molecule has 46 heavy (non-hydrogen) atoms. The minimum Gasteiger partial charge on any atom is -0.352 e. The molecule has 0 saturated heterocycles. The molecule has 0 heterocycles. The number of sulfonamides is 1. The van der Waals surface area contributed by atoms with Crippen molar-refractivity contribution in [1.82, 2.24) is 10.2 Å². The maximum Gasteiger partial charge on any atom is 0.264 e. The summed E-state index contributed by atoms with van der Waals surface area (Å²) in [5, 5.41) is 3.85. The Bertz CT molecular complexity index is 1770. The lowest BCUT2D eigenvalue weighted by atomic mass is 10.0. The van der Waals surface area contributed by atoms with Crippen LogP contribution in [0, 0.1) is 13.8 Å². The molecule has 4 aromatic carbocycles. The van der Waals surface area contributed by atoms with E-state index in [1.807, 2.05) is 70.2 Å². The molecule has 0 saturated carbocycles. The van der Waals surface area contributed by atoms with Crippen molar-refractivity contribution in [3.63, 3.8) is 0 Å². The van der Waals surface area contributed by atoms with Crippen LogP contribution in [0.25, 0.3) is 0 Å². The number of carbonyl (C=O) groups is 2. The first-order chi connectivity index (χ1) is 21.9. The van der Waals surface area contributed by atoms with Gasteiger partial charge in [-0.25, -0.2) is 8.42 Å². The van der Waals surface area contributed by atoms with Crippen molar-refractivity contribution in [2.75, 3.05) is 10.8 Å². The van der Waals surface area contributed by atoms with Gasteiger partial charge in [0.25, 0.3) is 10.0 Å². The number of rotatable bonds is 13. The normalized spacial score (nSPS) is 12.7. The van der Waals surface area contributed by atoms with Crippen molar-refractivity contribution in [2.24, 2.45) is 0 Å². The van der Waals surface area contributed by atoms with Crippen molar-refractivity contribution in [3.8, 4) is 0 Å². The summed E-state index contributed by atoms with van der Waals surface area (Å²) in [5.41, 5.74) is 3.65. The van der Waals surface area contributed by atoms with E-state index in [0.717, 1.165) is 21.0 Å². The second kappa shape index (κ2) is 15.6. The highest BCUT2D eigenvalue weighted by Gasteiger charge is 2.35. The number of carbonyl (C=O) groups excluding carboxylic acids is 2. The van der Waals surface area contributed by atoms with Crippen LogP contribution >= 0.6 is 23.2 Å². The van der Waals surface area contributed by atoms with Crippen LogP contribution in [0.2, 0.25) is 10.0 Å². The molecule has 242 valence electrons. The fourth-order valence-corrected chi connectivity index (χ4v) is 6.68. The second-order valence-electron chi connectivity index (χ2n) is 11.4. The minimum absolute atomic E-state index is 0.00824. The van der Waals surface area contributed by atoms with E-state index in [9.17, 15) is 18.0 Å². The van der Waals surface area contributed by atoms with Crippen molar-refractivity contribution >= 4 is 50.7 Å². The van der Waals surface area contributed by atoms with Crippen LogP contribution in [0.15, 0.2) is 102 Å². The van der Waals surface area contributed by atoms with Crippen LogP contribution in [0.3, 0.4) is 0 Å². The molecule has 1 N–H and O–H groups in total. The van der Waals surface area contributed by atoms with Crippen molar-refractivity contribution < 1.29 is 18.0 Å². The molecule has 4 aromatic rings. The zero-order chi connectivity index (χ0) is 33.4. The first-order valence-corrected chi connectivity index (χ1v) is 17.3. The molecular formula is C36H39Cl2N3O4S. The Hall–Kier alpha value is -3.85. The van der Waals surface area contributed by atoms with Crippen LogP contribution in [-0.4, -0.2) is 43.8 Å². The molecule has 0 spiro atoms. The number of nitrogens with zero attached hydrogens (tertiary/aromatic N) is 2. The predicted molar refractivity (Wildman–Crippen MR) is 186 cm³/mol. The largest absolute Gasteiger partial charge is 0.352 e. The highest BCUT2D eigenvalue weighted by Crippen LogP contribution is 2.28. The summed E-state index contributed by atoms with van der Waals surface area (Å²) in [6.07, 6.45) is 0.912. The lowest BCUT2D eigenvalue weighted by Gasteiger charge is -2.34. The number of hydrogen-bond acceptors (Lipinski definition) is 4. The third kappa shape index (κ3) is 8.69. The van der Waals surface area contributed by atoms with Gasteiger partial charge in [-0.1, -0.05) is 84.7 Å². The molecule has 0 unspecified atom stereocenters. The molecule has 2 atom stereocenters. The Morgan fingerprint density at radius 2 is 1.50 bits per heavy atom. The lowest BCUT2D eigenvalue weighted by Crippen LogP contribution is -2.54. The zero-order valence-corrected chi connectivity index (χ0v) is 28.7.